The second-order valence-corrected chi connectivity index (χ2v) is 8.26. The molecule has 3 aromatic rings. The molecule has 33 heavy (non-hydrogen) atoms. The molecular formula is C23H26ClFN6O2. The van der Waals surface area contributed by atoms with Crippen molar-refractivity contribution in [1.29, 1.82) is 0 Å². The molecule has 1 N–H and O–H groups in total. The lowest BCUT2D eigenvalue weighted by atomic mass is 10.0. The lowest BCUT2D eigenvalue weighted by Crippen LogP contribution is -2.45. The van der Waals surface area contributed by atoms with Crippen LogP contribution in [0.15, 0.2) is 48.5 Å². The van der Waals surface area contributed by atoms with Crippen LogP contribution in [0.4, 0.5) is 4.39 Å². The van der Waals surface area contributed by atoms with E-state index in [1.807, 2.05) is 6.92 Å². The SMILES string of the molecule is CCC(C(=O)NCC(c1ccc(F)cc1)N1CCOCC1)n1nnc(-c2ccc(Cl)cc2)n1. The predicted molar refractivity (Wildman–Crippen MR) is 122 cm³/mol. The highest BCUT2D eigenvalue weighted by Gasteiger charge is 2.26. The molecule has 2 heterocycles. The van der Waals surface area contributed by atoms with E-state index in [4.69, 9.17) is 16.3 Å². The van der Waals surface area contributed by atoms with E-state index in [9.17, 15) is 9.18 Å². The van der Waals surface area contributed by atoms with Gasteiger partial charge in [0.05, 0.1) is 19.3 Å². The van der Waals surface area contributed by atoms with Crippen molar-refractivity contribution in [2.24, 2.45) is 0 Å². The Morgan fingerprint density at radius 1 is 1.15 bits per heavy atom. The molecule has 1 aliphatic rings. The molecule has 4 rings (SSSR count). The average Bonchev–Trinajstić information content (AvgIpc) is 3.32. The van der Waals surface area contributed by atoms with Crippen LogP contribution in [-0.4, -0.2) is 63.9 Å². The maximum Gasteiger partial charge on any atom is 0.246 e. The fourth-order valence-electron chi connectivity index (χ4n) is 3.87. The number of hydrogen-bond donors (Lipinski definition) is 1. The Morgan fingerprint density at radius 2 is 1.85 bits per heavy atom. The first-order valence-electron chi connectivity index (χ1n) is 11.0. The minimum Gasteiger partial charge on any atom is -0.379 e. The number of benzene rings is 2. The number of nitrogens with one attached hydrogen (secondary N) is 1. The third kappa shape index (κ3) is 5.73. The maximum absolute atomic E-state index is 13.5. The molecule has 0 aliphatic carbocycles. The largest absolute Gasteiger partial charge is 0.379 e. The molecule has 0 spiro atoms. The lowest BCUT2D eigenvalue weighted by Gasteiger charge is -2.35. The number of amides is 1. The smallest absolute Gasteiger partial charge is 0.246 e. The van der Waals surface area contributed by atoms with Crippen LogP contribution in [0.2, 0.25) is 5.02 Å². The summed E-state index contributed by atoms with van der Waals surface area (Å²) in [6.45, 7) is 5.00. The molecule has 2 atom stereocenters. The zero-order valence-corrected chi connectivity index (χ0v) is 19.1. The summed E-state index contributed by atoms with van der Waals surface area (Å²) in [5, 5.41) is 16.3. The van der Waals surface area contributed by atoms with E-state index in [2.05, 4.69) is 25.6 Å². The van der Waals surface area contributed by atoms with Gasteiger partial charge in [0.1, 0.15) is 5.82 Å². The normalized spacial score (nSPS) is 16.3. The number of carbonyl (C=O) groups is 1. The topological polar surface area (TPSA) is 85.2 Å². The fraction of sp³-hybridized carbons (Fsp3) is 0.391. The molecule has 0 saturated carbocycles. The molecule has 2 aromatic carbocycles. The highest BCUT2D eigenvalue weighted by Crippen LogP contribution is 2.23. The van der Waals surface area contributed by atoms with Crippen LogP contribution >= 0.6 is 11.6 Å². The summed E-state index contributed by atoms with van der Waals surface area (Å²) in [7, 11) is 0. The Balaban J connectivity index is 1.46. The monoisotopic (exact) mass is 472 g/mol. The highest BCUT2D eigenvalue weighted by atomic mass is 35.5. The van der Waals surface area contributed by atoms with Crippen LogP contribution < -0.4 is 5.32 Å². The van der Waals surface area contributed by atoms with Crippen LogP contribution in [-0.2, 0) is 9.53 Å². The lowest BCUT2D eigenvalue weighted by molar-refractivity contribution is -0.125. The molecule has 0 bridgehead atoms. The van der Waals surface area contributed by atoms with Crippen molar-refractivity contribution in [2.75, 3.05) is 32.8 Å². The Labute approximate surface area is 196 Å². The number of rotatable bonds is 8. The quantitative estimate of drug-likeness (QED) is 0.541. The number of carbonyl (C=O) groups excluding carboxylic acids is 1. The van der Waals surface area contributed by atoms with E-state index in [0.717, 1.165) is 24.2 Å². The van der Waals surface area contributed by atoms with Gasteiger partial charge in [-0.15, -0.1) is 10.2 Å². The number of hydrogen-bond acceptors (Lipinski definition) is 6. The van der Waals surface area contributed by atoms with Crippen LogP contribution in [0.1, 0.15) is 31.0 Å². The number of halogens is 2. The molecular weight excluding hydrogens is 447 g/mol. The van der Waals surface area contributed by atoms with Crippen LogP contribution in [0.3, 0.4) is 0 Å². The van der Waals surface area contributed by atoms with Crippen molar-refractivity contribution in [1.82, 2.24) is 30.4 Å². The molecule has 2 unspecified atom stereocenters. The minimum absolute atomic E-state index is 0.0933. The van der Waals surface area contributed by atoms with Gasteiger partial charge in [0, 0.05) is 30.2 Å². The number of nitrogens with zero attached hydrogens (tertiary/aromatic N) is 5. The molecule has 1 aliphatic heterocycles. The van der Waals surface area contributed by atoms with Gasteiger partial charge >= 0.3 is 0 Å². The van der Waals surface area contributed by atoms with Crippen molar-refractivity contribution < 1.29 is 13.9 Å². The summed E-state index contributed by atoms with van der Waals surface area (Å²) in [6, 6.07) is 12.8. The van der Waals surface area contributed by atoms with E-state index in [-0.39, 0.29) is 17.8 Å². The van der Waals surface area contributed by atoms with Gasteiger partial charge in [-0.05, 0) is 53.6 Å². The molecule has 8 nitrogen and oxygen atoms in total. The first kappa shape index (κ1) is 23.3. The number of morpholine rings is 1. The third-order valence-electron chi connectivity index (χ3n) is 5.71. The van der Waals surface area contributed by atoms with Crippen molar-refractivity contribution in [2.45, 2.75) is 25.4 Å². The van der Waals surface area contributed by atoms with E-state index >= 15 is 0 Å². The number of tetrazole rings is 1. The van der Waals surface area contributed by atoms with Gasteiger partial charge in [-0.1, -0.05) is 30.7 Å². The van der Waals surface area contributed by atoms with Crippen molar-refractivity contribution in [3.8, 4) is 11.4 Å². The van der Waals surface area contributed by atoms with Crippen LogP contribution in [0.25, 0.3) is 11.4 Å². The first-order chi connectivity index (χ1) is 16.0. The Hall–Kier alpha value is -2.88. The minimum atomic E-state index is -0.600. The van der Waals surface area contributed by atoms with Gasteiger partial charge in [-0.25, -0.2) is 4.39 Å². The molecule has 1 fully saturated rings. The van der Waals surface area contributed by atoms with Crippen molar-refractivity contribution >= 4 is 17.5 Å². The van der Waals surface area contributed by atoms with Crippen molar-refractivity contribution in [3.63, 3.8) is 0 Å². The van der Waals surface area contributed by atoms with E-state index in [1.54, 1.807) is 36.4 Å². The molecule has 1 aromatic heterocycles. The van der Waals surface area contributed by atoms with Crippen LogP contribution in [0, 0.1) is 5.82 Å². The summed E-state index contributed by atoms with van der Waals surface area (Å²) in [6.07, 6.45) is 0.501. The van der Waals surface area contributed by atoms with E-state index in [1.165, 1.54) is 16.9 Å². The Morgan fingerprint density at radius 3 is 2.52 bits per heavy atom. The van der Waals surface area contributed by atoms with Crippen LogP contribution in [0.5, 0.6) is 0 Å². The number of aromatic nitrogens is 4. The summed E-state index contributed by atoms with van der Waals surface area (Å²) in [4.78, 5) is 16.7. The molecule has 1 saturated heterocycles. The molecule has 0 radical (unpaired) electrons. The fourth-order valence-corrected chi connectivity index (χ4v) is 4.00. The summed E-state index contributed by atoms with van der Waals surface area (Å²) >= 11 is 5.94. The standard InChI is InChI=1S/C23H26ClFN6O2/c1-2-20(31-28-22(27-29-31)17-3-7-18(24)8-4-17)23(32)26-15-21(30-11-13-33-14-12-30)16-5-9-19(25)10-6-16/h3-10,20-21H,2,11-15H2,1H3,(H,26,32). The first-order valence-corrected chi connectivity index (χ1v) is 11.3. The van der Waals surface area contributed by atoms with Gasteiger partial charge in [-0.2, -0.15) is 4.80 Å². The van der Waals surface area contributed by atoms with Gasteiger partial charge < -0.3 is 10.1 Å². The van der Waals surface area contributed by atoms with E-state index in [0.29, 0.717) is 37.0 Å². The number of ether oxygens (including phenoxy) is 1. The van der Waals surface area contributed by atoms with Gasteiger partial charge in [0.15, 0.2) is 6.04 Å². The molecule has 174 valence electrons. The Bertz CT molecular complexity index is 1050. The van der Waals surface area contributed by atoms with Gasteiger partial charge in [0.2, 0.25) is 11.7 Å². The molecule has 1 amide bonds. The Kier molecular flexibility index (Phi) is 7.64. The highest BCUT2D eigenvalue weighted by molar-refractivity contribution is 6.30. The van der Waals surface area contributed by atoms with Gasteiger partial charge in [0.25, 0.3) is 0 Å². The zero-order valence-electron chi connectivity index (χ0n) is 18.3. The van der Waals surface area contributed by atoms with Crippen molar-refractivity contribution in [3.05, 3.63) is 64.9 Å². The van der Waals surface area contributed by atoms with Gasteiger partial charge in [-0.3, -0.25) is 9.69 Å². The average molecular weight is 473 g/mol. The summed E-state index contributed by atoms with van der Waals surface area (Å²) in [5.74, 6) is -0.0587. The third-order valence-corrected chi connectivity index (χ3v) is 5.96. The second kappa shape index (κ2) is 10.8. The summed E-state index contributed by atoms with van der Waals surface area (Å²) < 4.78 is 18.9. The second-order valence-electron chi connectivity index (χ2n) is 7.83. The predicted octanol–water partition coefficient (Wildman–Crippen LogP) is 3.27. The summed E-state index contributed by atoms with van der Waals surface area (Å²) in [5.41, 5.74) is 1.71. The zero-order chi connectivity index (χ0) is 23.2. The molecule has 10 heteroatoms. The van der Waals surface area contributed by atoms with E-state index < -0.39 is 6.04 Å². The maximum atomic E-state index is 13.5.